The summed E-state index contributed by atoms with van der Waals surface area (Å²) in [5.41, 5.74) is -6.40. The second-order valence-electron chi connectivity index (χ2n) is 12.4. The molecule has 0 atom stereocenters. The van der Waals surface area contributed by atoms with Gasteiger partial charge in [-0.3, -0.25) is 9.59 Å². The van der Waals surface area contributed by atoms with E-state index in [1.54, 1.807) is 109 Å². The number of phenols is 8. The first-order valence-electron chi connectivity index (χ1n) is 16.1. The molecule has 0 amide bonds. The van der Waals surface area contributed by atoms with Crippen LogP contribution in [0.1, 0.15) is 67.9 Å². The van der Waals surface area contributed by atoms with Crippen molar-refractivity contribution in [2.24, 2.45) is 0 Å². The second kappa shape index (κ2) is 13.1. The lowest BCUT2D eigenvalue weighted by Crippen LogP contribution is -2.53. The van der Waals surface area contributed by atoms with Gasteiger partial charge in [-0.2, -0.15) is 0 Å². The molecule has 0 spiro atoms. The van der Waals surface area contributed by atoms with Crippen LogP contribution in [0.25, 0.3) is 0 Å². The van der Waals surface area contributed by atoms with Crippen LogP contribution in [-0.4, -0.2) is 52.4 Å². The Balaban J connectivity index is 2.15. The van der Waals surface area contributed by atoms with Crippen molar-refractivity contribution in [3.8, 4) is 46.0 Å². The molecular formula is C42H34O10. The van der Waals surface area contributed by atoms with Crippen LogP contribution in [-0.2, 0) is 10.8 Å². The van der Waals surface area contributed by atoms with E-state index in [4.69, 9.17) is 0 Å². The van der Waals surface area contributed by atoms with Gasteiger partial charge in [0.05, 0.1) is 22.0 Å². The Morgan fingerprint density at radius 1 is 0.346 bits per heavy atom. The third-order valence-electron chi connectivity index (χ3n) is 9.64. The summed E-state index contributed by atoms with van der Waals surface area (Å²) in [6, 6.07) is 33.5. The van der Waals surface area contributed by atoms with Crippen LogP contribution in [0.15, 0.2) is 121 Å². The predicted octanol–water partition coefficient (Wildman–Crippen LogP) is 7.11. The zero-order valence-electron chi connectivity index (χ0n) is 27.9. The molecule has 0 aliphatic heterocycles. The van der Waals surface area contributed by atoms with Crippen LogP contribution in [0.5, 0.6) is 46.0 Å². The van der Waals surface area contributed by atoms with Crippen molar-refractivity contribution >= 4 is 11.6 Å². The largest absolute Gasteiger partial charge is 0.507 e. The predicted molar refractivity (Wildman–Crippen MR) is 192 cm³/mol. The molecule has 0 unspecified atom stereocenters. The highest BCUT2D eigenvalue weighted by atomic mass is 16.3. The van der Waals surface area contributed by atoms with Crippen molar-refractivity contribution in [3.05, 3.63) is 166 Å². The molecule has 0 heterocycles. The van der Waals surface area contributed by atoms with Crippen molar-refractivity contribution in [2.75, 3.05) is 0 Å². The van der Waals surface area contributed by atoms with Gasteiger partial charge in [0.1, 0.15) is 22.6 Å². The van der Waals surface area contributed by atoms with Crippen LogP contribution >= 0.6 is 0 Å². The molecule has 0 fully saturated rings. The summed E-state index contributed by atoms with van der Waals surface area (Å²) in [5, 5.41) is 94.0. The molecule has 0 aromatic heterocycles. The number of benzene rings is 6. The van der Waals surface area contributed by atoms with E-state index in [9.17, 15) is 50.4 Å². The normalized spacial score (nSPS) is 11.7. The fourth-order valence-electron chi connectivity index (χ4n) is 7.68. The highest BCUT2D eigenvalue weighted by Gasteiger charge is 2.63. The van der Waals surface area contributed by atoms with Crippen molar-refractivity contribution in [3.63, 3.8) is 0 Å². The topological polar surface area (TPSA) is 196 Å². The maximum absolute atomic E-state index is 13.2. The molecule has 8 N–H and O–H groups in total. The van der Waals surface area contributed by atoms with Gasteiger partial charge in [0, 0.05) is 0 Å². The summed E-state index contributed by atoms with van der Waals surface area (Å²) in [7, 11) is 0. The Labute approximate surface area is 298 Å². The number of phenolic OH excluding ortho intramolecular Hbond substituents is 8. The molecule has 0 aliphatic carbocycles. The Bertz CT molecular complexity index is 2140. The summed E-state index contributed by atoms with van der Waals surface area (Å²) < 4.78 is 0. The van der Waals surface area contributed by atoms with Crippen LogP contribution in [0.3, 0.4) is 0 Å². The van der Waals surface area contributed by atoms with Crippen LogP contribution in [0.4, 0.5) is 0 Å². The van der Waals surface area contributed by atoms with Gasteiger partial charge < -0.3 is 40.9 Å². The smallest absolute Gasteiger partial charge is 0.201 e. The first-order chi connectivity index (χ1) is 24.8. The third-order valence-corrected chi connectivity index (χ3v) is 9.64. The Morgan fingerprint density at radius 2 is 0.596 bits per heavy atom. The van der Waals surface area contributed by atoms with E-state index >= 15 is 0 Å². The summed E-state index contributed by atoms with van der Waals surface area (Å²) in [6.07, 6.45) is 0. The highest BCUT2D eigenvalue weighted by Crippen LogP contribution is 2.69. The lowest BCUT2D eigenvalue weighted by atomic mass is 9.46. The molecule has 0 bridgehead atoms. The average Bonchev–Trinajstić information content (AvgIpc) is 3.14. The van der Waals surface area contributed by atoms with E-state index in [1.165, 1.54) is 12.1 Å². The number of carbonyl (C=O) groups excluding carboxylic acids is 2. The minimum atomic E-state index is -2.56. The lowest BCUT2D eigenvalue weighted by molar-refractivity contribution is 0.0998. The number of Topliss-reactive ketones (excluding diaryl/α,β-unsaturated/α-hetero) is 2. The fourth-order valence-corrected chi connectivity index (χ4v) is 7.68. The van der Waals surface area contributed by atoms with Gasteiger partial charge in [-0.05, 0) is 36.1 Å². The minimum absolute atomic E-state index is 0.0574. The van der Waals surface area contributed by atoms with E-state index in [0.29, 0.717) is 16.7 Å². The van der Waals surface area contributed by atoms with E-state index < -0.39 is 90.6 Å². The maximum atomic E-state index is 13.2. The molecular weight excluding hydrogens is 664 g/mol. The van der Waals surface area contributed by atoms with Gasteiger partial charge >= 0.3 is 0 Å². The Morgan fingerprint density at radius 3 is 0.846 bits per heavy atom. The van der Waals surface area contributed by atoms with Gasteiger partial charge in [-0.1, -0.05) is 121 Å². The van der Waals surface area contributed by atoms with Crippen LogP contribution in [0.2, 0.25) is 0 Å². The summed E-state index contributed by atoms with van der Waals surface area (Å²) >= 11 is 0. The van der Waals surface area contributed by atoms with Crippen molar-refractivity contribution in [1.82, 2.24) is 0 Å². The van der Waals surface area contributed by atoms with Gasteiger partial charge in [-0.15, -0.1) is 0 Å². The number of carbonyl (C=O) groups is 2. The van der Waals surface area contributed by atoms with Gasteiger partial charge in [0.15, 0.2) is 34.6 Å². The number of hydrogen-bond acceptors (Lipinski definition) is 10. The summed E-state index contributed by atoms with van der Waals surface area (Å²) in [6.45, 7) is 2.01. The number of rotatable bonds is 9. The number of hydrogen-bond donors (Lipinski definition) is 8. The number of aromatic hydroxyl groups is 8. The minimum Gasteiger partial charge on any atom is -0.507 e. The van der Waals surface area contributed by atoms with Crippen molar-refractivity contribution in [1.29, 1.82) is 0 Å². The molecule has 10 heteroatoms. The molecule has 10 nitrogen and oxygen atoms in total. The van der Waals surface area contributed by atoms with Gasteiger partial charge in [-0.25, -0.2) is 0 Å². The zero-order valence-corrected chi connectivity index (χ0v) is 27.9. The Kier molecular flexibility index (Phi) is 8.77. The quantitative estimate of drug-likeness (QED) is 0.0334. The molecule has 6 aromatic rings. The van der Waals surface area contributed by atoms with E-state index in [0.717, 1.165) is 13.8 Å². The van der Waals surface area contributed by atoms with E-state index in [2.05, 4.69) is 0 Å². The molecule has 262 valence electrons. The molecule has 0 aliphatic rings. The molecule has 0 saturated heterocycles. The van der Waals surface area contributed by atoms with E-state index in [1.807, 2.05) is 0 Å². The monoisotopic (exact) mass is 698 g/mol. The molecule has 6 rings (SSSR count). The standard InChI is InChI=1S/C42H34O10/c1-23(43)29-33(45)31(37(49)39(51)35(29)47)42(28-21-13-6-14-22-28,32-34(46)30(24(2)44)36(48)40(52)38(32)50)41(25-15-7-3-8-16-25,26-17-9-4-10-18-26)27-19-11-5-12-20-27/h3-22,45-52H,1-2H3. The lowest BCUT2D eigenvalue weighted by Gasteiger charge is -2.53. The highest BCUT2D eigenvalue weighted by molar-refractivity contribution is 6.04. The molecule has 0 radical (unpaired) electrons. The van der Waals surface area contributed by atoms with Crippen LogP contribution < -0.4 is 0 Å². The average molecular weight is 699 g/mol. The zero-order chi connectivity index (χ0) is 37.5. The first-order valence-corrected chi connectivity index (χ1v) is 16.1. The number of ketones is 2. The third kappa shape index (κ3) is 4.79. The fraction of sp³-hybridized carbons (Fsp3) is 0.0952. The summed E-state index contributed by atoms with van der Waals surface area (Å²) in [4.78, 5) is 26.4. The van der Waals surface area contributed by atoms with Gasteiger partial charge in [0.25, 0.3) is 0 Å². The molecule has 6 aromatic carbocycles. The Hall–Kier alpha value is -6.94. The maximum Gasteiger partial charge on any atom is 0.201 e. The first kappa shape index (κ1) is 34.9. The SMILES string of the molecule is CC(=O)c1c(O)c(O)c(O)c(C(c2ccccc2)(c2c(O)c(O)c(O)c(C(C)=O)c2O)C(c2ccccc2)(c2ccccc2)c2ccccc2)c1O. The van der Waals surface area contributed by atoms with Gasteiger partial charge in [0.2, 0.25) is 11.5 Å². The van der Waals surface area contributed by atoms with Crippen molar-refractivity contribution < 1.29 is 50.4 Å². The van der Waals surface area contributed by atoms with Crippen molar-refractivity contribution in [2.45, 2.75) is 24.7 Å². The van der Waals surface area contributed by atoms with E-state index in [-0.39, 0.29) is 5.56 Å². The summed E-state index contributed by atoms with van der Waals surface area (Å²) in [5.74, 6) is -11.1. The second-order valence-corrected chi connectivity index (χ2v) is 12.4. The molecule has 0 saturated carbocycles. The molecule has 52 heavy (non-hydrogen) atoms. The van der Waals surface area contributed by atoms with Crippen LogP contribution in [0, 0.1) is 0 Å².